The van der Waals surface area contributed by atoms with Crippen LogP contribution in [0.25, 0.3) is 0 Å². The number of carbonyl (C=O) groups excluding carboxylic acids is 1. The number of phenols is 1. The predicted molar refractivity (Wildman–Crippen MR) is 64.5 cm³/mol. The van der Waals surface area contributed by atoms with E-state index in [1.807, 2.05) is 5.32 Å². The minimum Gasteiger partial charge on any atom is -0.506 e. The SMILES string of the molecule is O=C(NCC(O)C(O)CO)c1cc(F)cc(C(F)(F)F)c1O. The van der Waals surface area contributed by atoms with E-state index in [0.29, 0.717) is 6.07 Å². The van der Waals surface area contributed by atoms with Crippen LogP contribution in [0, 0.1) is 5.82 Å². The molecule has 1 amide bonds. The monoisotopic (exact) mass is 327 g/mol. The molecule has 1 aromatic rings. The summed E-state index contributed by atoms with van der Waals surface area (Å²) in [5, 5.41) is 38.2. The molecule has 0 aromatic heterocycles. The zero-order valence-corrected chi connectivity index (χ0v) is 10.9. The van der Waals surface area contributed by atoms with Gasteiger partial charge in [-0.2, -0.15) is 13.2 Å². The third kappa shape index (κ3) is 4.29. The first-order valence-electron chi connectivity index (χ1n) is 5.92. The van der Waals surface area contributed by atoms with Gasteiger partial charge in [-0.15, -0.1) is 0 Å². The van der Waals surface area contributed by atoms with Gasteiger partial charge in [-0.25, -0.2) is 4.39 Å². The average Bonchev–Trinajstić information content (AvgIpc) is 2.44. The Morgan fingerprint density at radius 3 is 2.32 bits per heavy atom. The number of phenolic OH excluding ortho intramolecular Hbond substituents is 1. The van der Waals surface area contributed by atoms with E-state index in [9.17, 15) is 32.6 Å². The van der Waals surface area contributed by atoms with Crippen LogP contribution in [-0.4, -0.2) is 51.7 Å². The Kier molecular flexibility index (Phi) is 5.69. The lowest BCUT2D eigenvalue weighted by atomic mass is 10.1. The van der Waals surface area contributed by atoms with Crippen molar-refractivity contribution in [3.63, 3.8) is 0 Å². The molecule has 0 bridgehead atoms. The van der Waals surface area contributed by atoms with Gasteiger partial charge in [0.05, 0.1) is 18.3 Å². The summed E-state index contributed by atoms with van der Waals surface area (Å²) in [6.45, 7) is -1.43. The Hall–Kier alpha value is -1.91. The van der Waals surface area contributed by atoms with Gasteiger partial charge >= 0.3 is 6.18 Å². The summed E-state index contributed by atoms with van der Waals surface area (Å²) in [5.41, 5.74) is -2.69. The van der Waals surface area contributed by atoms with Crippen LogP contribution in [0.5, 0.6) is 5.75 Å². The highest BCUT2D eigenvalue weighted by Crippen LogP contribution is 2.38. The van der Waals surface area contributed by atoms with Crippen molar-refractivity contribution >= 4 is 5.91 Å². The highest BCUT2D eigenvalue weighted by molar-refractivity contribution is 5.97. The van der Waals surface area contributed by atoms with Gasteiger partial charge in [-0.05, 0) is 12.1 Å². The zero-order chi connectivity index (χ0) is 17.1. The molecular formula is C12H13F4NO5. The van der Waals surface area contributed by atoms with Crippen molar-refractivity contribution in [3.05, 3.63) is 29.1 Å². The van der Waals surface area contributed by atoms with Crippen molar-refractivity contribution in [2.45, 2.75) is 18.4 Å². The maximum atomic E-state index is 13.2. The van der Waals surface area contributed by atoms with E-state index in [1.165, 1.54) is 0 Å². The number of carbonyl (C=O) groups is 1. The first kappa shape index (κ1) is 18.1. The number of halogens is 4. The van der Waals surface area contributed by atoms with E-state index in [2.05, 4.69) is 0 Å². The molecule has 0 saturated heterocycles. The molecule has 124 valence electrons. The van der Waals surface area contributed by atoms with Crippen molar-refractivity contribution in [2.75, 3.05) is 13.2 Å². The van der Waals surface area contributed by atoms with E-state index in [0.717, 1.165) is 0 Å². The summed E-state index contributed by atoms with van der Waals surface area (Å²) in [6, 6.07) is 0.436. The second-order valence-corrected chi connectivity index (χ2v) is 4.37. The van der Waals surface area contributed by atoms with Crippen molar-refractivity contribution < 1.29 is 42.8 Å². The summed E-state index contributed by atoms with van der Waals surface area (Å²) >= 11 is 0. The number of nitrogens with one attached hydrogen (secondary N) is 1. The second kappa shape index (κ2) is 6.90. The van der Waals surface area contributed by atoms with Crippen LogP contribution in [0.4, 0.5) is 17.6 Å². The van der Waals surface area contributed by atoms with Crippen molar-refractivity contribution in [1.29, 1.82) is 0 Å². The van der Waals surface area contributed by atoms with Gasteiger partial charge in [0.1, 0.15) is 23.2 Å². The molecule has 0 radical (unpaired) electrons. The summed E-state index contributed by atoms with van der Waals surface area (Å²) in [4.78, 5) is 11.7. The number of aliphatic hydroxyl groups is 3. The van der Waals surface area contributed by atoms with Gasteiger partial charge in [0.25, 0.3) is 5.91 Å². The smallest absolute Gasteiger partial charge is 0.420 e. The van der Waals surface area contributed by atoms with E-state index in [-0.39, 0.29) is 6.07 Å². The number of aromatic hydroxyl groups is 1. The first-order chi connectivity index (χ1) is 10.1. The molecule has 0 saturated carbocycles. The van der Waals surface area contributed by atoms with Crippen molar-refractivity contribution in [1.82, 2.24) is 5.32 Å². The average molecular weight is 327 g/mol. The fourth-order valence-corrected chi connectivity index (χ4v) is 1.54. The largest absolute Gasteiger partial charge is 0.506 e. The summed E-state index contributed by atoms with van der Waals surface area (Å²) < 4.78 is 50.9. The molecule has 22 heavy (non-hydrogen) atoms. The fraction of sp³-hybridized carbons (Fsp3) is 0.417. The molecule has 2 unspecified atom stereocenters. The summed E-state index contributed by atoms with van der Waals surface area (Å²) in [6.07, 6.45) is -8.23. The molecule has 0 fully saturated rings. The van der Waals surface area contributed by atoms with Gasteiger partial charge in [0.2, 0.25) is 0 Å². The lowest BCUT2D eigenvalue weighted by Crippen LogP contribution is -2.40. The number of alkyl halides is 3. The van der Waals surface area contributed by atoms with Crippen LogP contribution < -0.4 is 5.32 Å². The number of hydrogen-bond acceptors (Lipinski definition) is 5. The lowest BCUT2D eigenvalue weighted by molar-refractivity contribution is -0.139. The lowest BCUT2D eigenvalue weighted by Gasteiger charge is -2.17. The number of aliphatic hydroxyl groups excluding tert-OH is 3. The maximum absolute atomic E-state index is 13.2. The minimum atomic E-state index is -5.06. The molecule has 0 aliphatic carbocycles. The highest BCUT2D eigenvalue weighted by Gasteiger charge is 2.36. The van der Waals surface area contributed by atoms with Crippen molar-refractivity contribution in [3.8, 4) is 5.75 Å². The van der Waals surface area contributed by atoms with Crippen LogP contribution in [0.3, 0.4) is 0 Å². The zero-order valence-electron chi connectivity index (χ0n) is 10.9. The molecular weight excluding hydrogens is 314 g/mol. The first-order valence-corrected chi connectivity index (χ1v) is 5.92. The van der Waals surface area contributed by atoms with E-state index in [4.69, 9.17) is 10.2 Å². The molecule has 10 heteroatoms. The minimum absolute atomic E-state index is 0.0382. The van der Waals surface area contributed by atoms with Crippen molar-refractivity contribution in [2.24, 2.45) is 0 Å². The Balaban J connectivity index is 2.97. The molecule has 6 nitrogen and oxygen atoms in total. The van der Waals surface area contributed by atoms with Crippen LogP contribution in [0.2, 0.25) is 0 Å². The molecule has 1 aromatic carbocycles. The van der Waals surface area contributed by atoms with Crippen LogP contribution in [0.15, 0.2) is 12.1 Å². The molecule has 1 rings (SSSR count). The fourth-order valence-electron chi connectivity index (χ4n) is 1.54. The molecule has 2 atom stereocenters. The normalized spacial score (nSPS) is 14.5. The molecule has 0 spiro atoms. The van der Waals surface area contributed by atoms with Crippen LogP contribution >= 0.6 is 0 Å². The van der Waals surface area contributed by atoms with Gasteiger partial charge < -0.3 is 25.7 Å². The number of hydrogen-bond donors (Lipinski definition) is 5. The molecule has 5 N–H and O–H groups in total. The Bertz CT molecular complexity index is 549. The highest BCUT2D eigenvalue weighted by atomic mass is 19.4. The quantitative estimate of drug-likeness (QED) is 0.489. The van der Waals surface area contributed by atoms with E-state index in [1.54, 1.807) is 0 Å². The summed E-state index contributed by atoms with van der Waals surface area (Å²) in [7, 11) is 0. The second-order valence-electron chi connectivity index (χ2n) is 4.37. The molecule has 0 aliphatic rings. The topological polar surface area (TPSA) is 110 Å². The van der Waals surface area contributed by atoms with Gasteiger partial charge in [-0.3, -0.25) is 4.79 Å². The van der Waals surface area contributed by atoms with Crippen LogP contribution in [-0.2, 0) is 6.18 Å². The van der Waals surface area contributed by atoms with Crippen LogP contribution in [0.1, 0.15) is 15.9 Å². The third-order valence-electron chi connectivity index (χ3n) is 2.73. The molecule has 0 aliphatic heterocycles. The summed E-state index contributed by atoms with van der Waals surface area (Å²) in [5.74, 6) is -4.12. The Labute approximate surface area is 121 Å². The third-order valence-corrected chi connectivity index (χ3v) is 2.73. The number of benzene rings is 1. The van der Waals surface area contributed by atoms with Gasteiger partial charge in [-0.1, -0.05) is 0 Å². The number of rotatable bonds is 5. The Morgan fingerprint density at radius 1 is 1.23 bits per heavy atom. The van der Waals surface area contributed by atoms with Gasteiger partial charge in [0.15, 0.2) is 0 Å². The standard InChI is InChI=1S/C12H13F4NO5/c13-5-1-6(10(21)7(2-5)12(14,15)16)11(22)17-3-8(19)9(20)4-18/h1-2,8-9,18-21H,3-4H2,(H,17,22). The maximum Gasteiger partial charge on any atom is 0.420 e. The predicted octanol–water partition coefficient (Wildman–Crippen LogP) is -0.00600. The van der Waals surface area contributed by atoms with Gasteiger partial charge in [0, 0.05) is 6.54 Å². The van der Waals surface area contributed by atoms with E-state index < -0.39 is 60.1 Å². The van der Waals surface area contributed by atoms with E-state index >= 15 is 0 Å². The molecule has 0 heterocycles. The Morgan fingerprint density at radius 2 is 1.82 bits per heavy atom. The number of amides is 1.